The standard InChI is InChI=1S/C21H18FN5O2/c1-26-11-10-23-20(26)19(14-6-8-16(22)9-7-14)25-18(28)13-27-21(29)17-5-3-2-4-15(17)12-24-27/h2-12,19H,13H2,1H3,(H,25,28). The molecule has 1 N–H and O–H groups in total. The molecule has 2 aromatic carbocycles. The minimum atomic E-state index is -0.598. The number of carbonyl (C=O) groups excluding carboxylic acids is 1. The zero-order valence-corrected chi connectivity index (χ0v) is 15.6. The molecule has 0 aliphatic rings. The molecule has 1 atom stereocenters. The van der Waals surface area contributed by atoms with Crippen LogP contribution < -0.4 is 10.9 Å². The predicted molar refractivity (Wildman–Crippen MR) is 106 cm³/mol. The normalized spacial score (nSPS) is 12.1. The molecule has 1 amide bonds. The molecule has 8 heteroatoms. The van der Waals surface area contributed by atoms with Crippen LogP contribution in [0.2, 0.25) is 0 Å². The third-order valence-corrected chi connectivity index (χ3v) is 4.68. The van der Waals surface area contributed by atoms with E-state index in [0.29, 0.717) is 22.2 Å². The molecule has 4 aromatic rings. The molecule has 2 aromatic heterocycles. The predicted octanol–water partition coefficient (Wildman–Crippen LogP) is 2.17. The Bertz CT molecular complexity index is 1230. The molecule has 0 aliphatic heterocycles. The second-order valence-electron chi connectivity index (χ2n) is 6.64. The maximum atomic E-state index is 13.3. The van der Waals surface area contributed by atoms with Crippen molar-refractivity contribution in [2.75, 3.05) is 0 Å². The number of hydrogen-bond acceptors (Lipinski definition) is 4. The van der Waals surface area contributed by atoms with Crippen LogP contribution in [0, 0.1) is 5.82 Å². The fraction of sp³-hybridized carbons (Fsp3) is 0.143. The van der Waals surface area contributed by atoms with E-state index < -0.39 is 11.9 Å². The summed E-state index contributed by atoms with van der Waals surface area (Å²) in [5.74, 6) is -0.193. The molecule has 0 spiro atoms. The number of rotatable bonds is 5. The van der Waals surface area contributed by atoms with Crippen molar-refractivity contribution in [3.05, 3.63) is 94.7 Å². The van der Waals surface area contributed by atoms with Gasteiger partial charge in [0.05, 0.1) is 11.6 Å². The van der Waals surface area contributed by atoms with Crippen LogP contribution in [0.3, 0.4) is 0 Å². The lowest BCUT2D eigenvalue weighted by Gasteiger charge is -2.19. The minimum Gasteiger partial charge on any atom is -0.340 e. The van der Waals surface area contributed by atoms with Gasteiger partial charge in [0.1, 0.15) is 24.2 Å². The Morgan fingerprint density at radius 1 is 1.17 bits per heavy atom. The number of fused-ring (bicyclic) bond motifs is 1. The second-order valence-corrected chi connectivity index (χ2v) is 6.64. The Labute approximate surface area is 165 Å². The number of imidazole rings is 1. The van der Waals surface area contributed by atoms with Gasteiger partial charge in [0.15, 0.2) is 0 Å². The molecule has 0 aliphatic carbocycles. The Balaban J connectivity index is 1.62. The van der Waals surface area contributed by atoms with Gasteiger partial charge in [0.25, 0.3) is 5.56 Å². The summed E-state index contributed by atoms with van der Waals surface area (Å²) in [6, 6.07) is 12.3. The quantitative estimate of drug-likeness (QED) is 0.565. The summed E-state index contributed by atoms with van der Waals surface area (Å²) in [5, 5.41) is 8.18. The third-order valence-electron chi connectivity index (χ3n) is 4.68. The zero-order valence-electron chi connectivity index (χ0n) is 15.6. The van der Waals surface area contributed by atoms with Gasteiger partial charge in [-0.05, 0) is 23.8 Å². The maximum absolute atomic E-state index is 13.3. The maximum Gasteiger partial charge on any atom is 0.275 e. The van der Waals surface area contributed by atoms with Crippen LogP contribution in [0.4, 0.5) is 4.39 Å². The monoisotopic (exact) mass is 391 g/mol. The summed E-state index contributed by atoms with van der Waals surface area (Å²) in [7, 11) is 1.81. The van der Waals surface area contributed by atoms with Crippen molar-refractivity contribution in [2.45, 2.75) is 12.6 Å². The van der Waals surface area contributed by atoms with Crippen molar-refractivity contribution in [3.63, 3.8) is 0 Å². The van der Waals surface area contributed by atoms with E-state index in [-0.39, 0.29) is 17.9 Å². The molecule has 1 unspecified atom stereocenters. The van der Waals surface area contributed by atoms with Crippen LogP contribution in [0.1, 0.15) is 17.4 Å². The average molecular weight is 391 g/mol. The lowest BCUT2D eigenvalue weighted by atomic mass is 10.1. The highest BCUT2D eigenvalue weighted by molar-refractivity contribution is 5.81. The van der Waals surface area contributed by atoms with Crippen molar-refractivity contribution in [3.8, 4) is 0 Å². The van der Waals surface area contributed by atoms with Gasteiger partial charge >= 0.3 is 0 Å². The number of aromatic nitrogens is 4. The third kappa shape index (κ3) is 3.77. The van der Waals surface area contributed by atoms with Crippen LogP contribution in [0.25, 0.3) is 10.8 Å². The lowest BCUT2D eigenvalue weighted by molar-refractivity contribution is -0.122. The van der Waals surface area contributed by atoms with E-state index in [2.05, 4.69) is 15.4 Å². The molecular formula is C21H18FN5O2. The number of nitrogens with zero attached hydrogens (tertiary/aromatic N) is 4. The van der Waals surface area contributed by atoms with Crippen LogP contribution >= 0.6 is 0 Å². The molecule has 0 saturated carbocycles. The molecule has 146 valence electrons. The molecule has 2 heterocycles. The van der Waals surface area contributed by atoms with Crippen molar-refractivity contribution < 1.29 is 9.18 Å². The van der Waals surface area contributed by atoms with Gasteiger partial charge in [0.2, 0.25) is 5.91 Å². The van der Waals surface area contributed by atoms with Crippen molar-refractivity contribution in [2.24, 2.45) is 7.05 Å². The fourth-order valence-corrected chi connectivity index (χ4v) is 3.19. The Morgan fingerprint density at radius 3 is 2.66 bits per heavy atom. The Morgan fingerprint density at radius 2 is 1.93 bits per heavy atom. The van der Waals surface area contributed by atoms with Crippen molar-refractivity contribution in [1.29, 1.82) is 0 Å². The van der Waals surface area contributed by atoms with Crippen LogP contribution in [0.5, 0.6) is 0 Å². The number of benzene rings is 2. The van der Waals surface area contributed by atoms with Crippen LogP contribution in [-0.4, -0.2) is 25.2 Å². The topological polar surface area (TPSA) is 81.8 Å². The van der Waals surface area contributed by atoms with E-state index in [4.69, 9.17) is 0 Å². The summed E-state index contributed by atoms with van der Waals surface area (Å²) in [6.45, 7) is -0.244. The summed E-state index contributed by atoms with van der Waals surface area (Å²) in [4.78, 5) is 29.6. The van der Waals surface area contributed by atoms with E-state index in [1.165, 1.54) is 12.1 Å². The number of nitrogens with one attached hydrogen (secondary N) is 1. The Hall–Kier alpha value is -3.81. The van der Waals surface area contributed by atoms with Gasteiger partial charge in [-0.2, -0.15) is 5.10 Å². The molecule has 0 radical (unpaired) electrons. The molecule has 0 saturated heterocycles. The van der Waals surface area contributed by atoms with E-state index in [9.17, 15) is 14.0 Å². The van der Waals surface area contributed by atoms with Gasteiger partial charge in [-0.25, -0.2) is 14.1 Å². The Kier molecular flexibility index (Phi) is 4.90. The summed E-state index contributed by atoms with van der Waals surface area (Å²) < 4.78 is 16.2. The largest absolute Gasteiger partial charge is 0.340 e. The SMILES string of the molecule is Cn1ccnc1C(NC(=O)Cn1ncc2ccccc2c1=O)c1ccc(F)cc1. The second kappa shape index (κ2) is 7.67. The highest BCUT2D eigenvalue weighted by atomic mass is 19.1. The van der Waals surface area contributed by atoms with Crippen molar-refractivity contribution >= 4 is 16.7 Å². The summed E-state index contributed by atoms with van der Waals surface area (Å²) >= 11 is 0. The van der Waals surface area contributed by atoms with E-state index >= 15 is 0 Å². The van der Waals surface area contributed by atoms with Gasteiger partial charge in [-0.15, -0.1) is 0 Å². The first-order valence-corrected chi connectivity index (χ1v) is 9.00. The molecule has 29 heavy (non-hydrogen) atoms. The van der Waals surface area contributed by atoms with Crippen LogP contribution in [0.15, 0.2) is 71.9 Å². The molecular weight excluding hydrogens is 373 g/mol. The number of aryl methyl sites for hydroxylation is 1. The molecule has 0 bridgehead atoms. The van der Waals surface area contributed by atoms with E-state index in [0.717, 1.165) is 4.68 Å². The first-order valence-electron chi connectivity index (χ1n) is 9.00. The smallest absolute Gasteiger partial charge is 0.275 e. The van der Waals surface area contributed by atoms with E-state index in [1.807, 2.05) is 6.07 Å². The number of amides is 1. The minimum absolute atomic E-state index is 0.244. The zero-order chi connectivity index (χ0) is 20.4. The van der Waals surface area contributed by atoms with Crippen molar-refractivity contribution in [1.82, 2.24) is 24.6 Å². The average Bonchev–Trinajstić information content (AvgIpc) is 3.15. The first kappa shape index (κ1) is 18.5. The molecule has 0 fully saturated rings. The van der Waals surface area contributed by atoms with Gasteiger partial charge < -0.3 is 9.88 Å². The highest BCUT2D eigenvalue weighted by Gasteiger charge is 2.21. The highest BCUT2D eigenvalue weighted by Crippen LogP contribution is 2.20. The number of halogens is 1. The number of carbonyl (C=O) groups is 1. The molecule has 4 rings (SSSR count). The van der Waals surface area contributed by atoms with E-state index in [1.54, 1.807) is 60.5 Å². The fourth-order valence-electron chi connectivity index (χ4n) is 3.19. The lowest BCUT2D eigenvalue weighted by Crippen LogP contribution is -2.37. The number of hydrogen-bond donors (Lipinski definition) is 1. The first-order chi connectivity index (χ1) is 14.0. The van der Waals surface area contributed by atoms with Gasteiger partial charge in [-0.1, -0.05) is 30.3 Å². The molecule has 7 nitrogen and oxygen atoms in total. The van der Waals surface area contributed by atoms with Gasteiger partial charge in [0, 0.05) is 24.8 Å². The van der Waals surface area contributed by atoms with Crippen LogP contribution in [-0.2, 0) is 18.4 Å². The summed E-state index contributed by atoms with van der Waals surface area (Å²) in [6.07, 6.45) is 4.93. The van der Waals surface area contributed by atoms with Gasteiger partial charge in [-0.3, -0.25) is 9.59 Å². The summed E-state index contributed by atoms with van der Waals surface area (Å²) in [5.41, 5.74) is 0.335.